The Morgan fingerprint density at radius 2 is 1.84 bits per heavy atom. The summed E-state index contributed by atoms with van der Waals surface area (Å²) < 4.78 is 0.255. The third-order valence-corrected chi connectivity index (χ3v) is 6.87. The maximum Gasteiger partial charge on any atom is 0.246 e. The predicted molar refractivity (Wildman–Crippen MR) is 94.2 cm³/mol. The van der Waals surface area contributed by atoms with E-state index < -0.39 is 8.07 Å². The first-order valence-corrected chi connectivity index (χ1v) is 13.2. The van der Waals surface area contributed by atoms with Gasteiger partial charge in [-0.15, -0.1) is 0 Å². The lowest BCUT2D eigenvalue weighted by atomic mass is 9.88. The van der Waals surface area contributed by atoms with Crippen LogP contribution in [0.4, 0.5) is 4.79 Å². The van der Waals surface area contributed by atoms with Crippen LogP contribution in [0.15, 0.2) is 11.6 Å². The van der Waals surface area contributed by atoms with Gasteiger partial charge in [-0.3, -0.25) is 4.79 Å². The molecule has 1 nitrogen and oxygen atoms in total. The van der Waals surface area contributed by atoms with E-state index in [-0.39, 0.29) is 4.45 Å². The molecule has 0 aromatic carbocycles. The minimum Gasteiger partial charge on any atom is -0.274 e. The zero-order valence-electron chi connectivity index (χ0n) is 12.8. The molecule has 0 unspecified atom stereocenters. The number of hydrogen-bond donors (Lipinski definition) is 0. The Balaban J connectivity index is 2.61. The summed E-state index contributed by atoms with van der Waals surface area (Å²) in [5.41, 5.74) is 1.54. The molecule has 0 aromatic rings. The van der Waals surface area contributed by atoms with Crippen molar-refractivity contribution in [2.24, 2.45) is 5.92 Å². The monoisotopic (exact) mass is 316 g/mol. The third-order valence-electron chi connectivity index (χ3n) is 3.42. The molecule has 1 aliphatic rings. The van der Waals surface area contributed by atoms with Gasteiger partial charge in [-0.1, -0.05) is 74.1 Å². The van der Waals surface area contributed by atoms with E-state index >= 15 is 0 Å². The quantitative estimate of drug-likeness (QED) is 0.454. The maximum absolute atomic E-state index is 11.5. The minimum absolute atomic E-state index is 0.255. The summed E-state index contributed by atoms with van der Waals surface area (Å²) in [4.78, 5) is 11.5. The van der Waals surface area contributed by atoms with Gasteiger partial charge in [-0.05, 0) is 31.1 Å². The van der Waals surface area contributed by atoms with Crippen LogP contribution in [0.25, 0.3) is 0 Å². The van der Waals surface area contributed by atoms with Gasteiger partial charge in [0.15, 0.2) is 0 Å². The Bertz CT molecular complexity index is 315. The molecular formula is C15H28OS2Si. The molecule has 110 valence electrons. The van der Waals surface area contributed by atoms with Crippen molar-refractivity contribution in [3.8, 4) is 0 Å². The molecule has 1 aliphatic carbocycles. The smallest absolute Gasteiger partial charge is 0.246 e. The number of carbonyl (C=O) groups is 1. The van der Waals surface area contributed by atoms with Crippen molar-refractivity contribution in [3.63, 3.8) is 0 Å². The molecule has 0 amide bonds. The van der Waals surface area contributed by atoms with Gasteiger partial charge in [0.2, 0.25) is 4.45 Å². The molecule has 0 bridgehead atoms. The van der Waals surface area contributed by atoms with Crippen LogP contribution in [0, 0.1) is 5.92 Å². The van der Waals surface area contributed by atoms with E-state index in [1.807, 2.05) is 6.26 Å². The van der Waals surface area contributed by atoms with Gasteiger partial charge < -0.3 is 0 Å². The van der Waals surface area contributed by atoms with E-state index in [1.165, 1.54) is 61.7 Å². The summed E-state index contributed by atoms with van der Waals surface area (Å²) in [6, 6.07) is 1.25. The van der Waals surface area contributed by atoms with Crippen LogP contribution < -0.4 is 0 Å². The molecule has 0 aliphatic heterocycles. The van der Waals surface area contributed by atoms with Gasteiger partial charge in [0, 0.05) is 13.8 Å². The zero-order chi connectivity index (χ0) is 14.3. The number of allylic oxidation sites excluding steroid dienone is 1. The summed E-state index contributed by atoms with van der Waals surface area (Å²) >= 11 is 2.83. The van der Waals surface area contributed by atoms with Gasteiger partial charge in [0.1, 0.15) is 0 Å². The average molecular weight is 317 g/mol. The van der Waals surface area contributed by atoms with Crippen LogP contribution in [0.1, 0.15) is 32.1 Å². The van der Waals surface area contributed by atoms with Crippen molar-refractivity contribution in [1.29, 1.82) is 0 Å². The lowest BCUT2D eigenvalue weighted by Crippen LogP contribution is -2.21. The fraction of sp³-hybridized carbons (Fsp3) is 0.800. The van der Waals surface area contributed by atoms with Gasteiger partial charge in [0.25, 0.3) is 0 Å². The fourth-order valence-corrected chi connectivity index (χ4v) is 5.62. The van der Waals surface area contributed by atoms with Crippen molar-refractivity contribution in [2.45, 2.75) is 57.8 Å². The lowest BCUT2D eigenvalue weighted by Gasteiger charge is -2.23. The van der Waals surface area contributed by atoms with Crippen LogP contribution in [-0.2, 0) is 0 Å². The Morgan fingerprint density at radius 1 is 1.21 bits per heavy atom. The predicted octanol–water partition coefficient (Wildman–Crippen LogP) is 6.05. The first kappa shape index (κ1) is 17.4. The normalized spacial score (nSPS) is 18.6. The molecular weight excluding hydrogens is 288 g/mol. The Kier molecular flexibility index (Phi) is 7.85. The van der Waals surface area contributed by atoms with Gasteiger partial charge in [0.05, 0.1) is 0 Å². The second kappa shape index (κ2) is 8.58. The molecule has 1 fully saturated rings. The molecule has 0 heterocycles. The van der Waals surface area contributed by atoms with E-state index in [1.54, 1.807) is 5.57 Å². The molecule has 0 saturated heterocycles. The largest absolute Gasteiger partial charge is 0.274 e. The highest BCUT2D eigenvalue weighted by atomic mass is 32.2. The first-order chi connectivity index (χ1) is 8.90. The minimum atomic E-state index is -1.09. The topological polar surface area (TPSA) is 17.1 Å². The highest BCUT2D eigenvalue weighted by molar-refractivity contribution is 8.38. The molecule has 0 radical (unpaired) electrons. The second-order valence-electron chi connectivity index (χ2n) is 6.70. The van der Waals surface area contributed by atoms with E-state index in [2.05, 4.69) is 25.7 Å². The maximum atomic E-state index is 11.5. The second-order valence-corrected chi connectivity index (χ2v) is 14.2. The first-order valence-electron chi connectivity index (χ1n) is 7.31. The van der Waals surface area contributed by atoms with Crippen LogP contribution in [0.5, 0.6) is 0 Å². The van der Waals surface area contributed by atoms with Crippen molar-refractivity contribution in [3.05, 3.63) is 11.6 Å². The highest BCUT2D eigenvalue weighted by Crippen LogP contribution is 2.30. The molecule has 1 saturated carbocycles. The molecule has 0 atom stereocenters. The molecule has 0 spiro atoms. The van der Waals surface area contributed by atoms with Crippen LogP contribution in [-0.4, -0.2) is 24.5 Å². The average Bonchev–Trinajstić information content (AvgIpc) is 2.35. The van der Waals surface area contributed by atoms with Crippen molar-refractivity contribution in [1.82, 2.24) is 0 Å². The molecule has 4 heteroatoms. The number of thioether (sulfide) groups is 2. The molecule has 19 heavy (non-hydrogen) atoms. The summed E-state index contributed by atoms with van der Waals surface area (Å²) in [6.45, 7) is 7.26. The van der Waals surface area contributed by atoms with Crippen molar-refractivity contribution < 1.29 is 4.79 Å². The summed E-state index contributed by atoms with van der Waals surface area (Å²) in [5, 5.41) is 0. The molecule has 0 N–H and O–H groups in total. The van der Waals surface area contributed by atoms with E-state index in [0.717, 1.165) is 11.7 Å². The van der Waals surface area contributed by atoms with E-state index in [9.17, 15) is 4.79 Å². The summed E-state index contributed by atoms with van der Waals surface area (Å²) in [7, 11) is -1.09. The summed E-state index contributed by atoms with van der Waals surface area (Å²) in [6.07, 6.45) is 11.3. The third kappa shape index (κ3) is 8.26. The van der Waals surface area contributed by atoms with E-state index in [4.69, 9.17) is 0 Å². The van der Waals surface area contributed by atoms with E-state index in [0.29, 0.717) is 0 Å². The van der Waals surface area contributed by atoms with Crippen molar-refractivity contribution in [2.75, 3.05) is 12.0 Å². The van der Waals surface area contributed by atoms with Crippen LogP contribution in [0.3, 0.4) is 0 Å². The summed E-state index contributed by atoms with van der Waals surface area (Å²) in [5.74, 6) is 1.70. The Hall–Kier alpha value is 0.327. The van der Waals surface area contributed by atoms with Gasteiger partial charge in [-0.2, -0.15) is 0 Å². The fourth-order valence-electron chi connectivity index (χ4n) is 2.68. The number of hydrogen-bond acceptors (Lipinski definition) is 3. The lowest BCUT2D eigenvalue weighted by molar-refractivity contribution is 0.276. The number of rotatable bonds is 5. The molecule has 1 rings (SSSR count). The van der Waals surface area contributed by atoms with Gasteiger partial charge in [-0.25, -0.2) is 0 Å². The number of carbonyl (C=O) groups excluding carboxylic acids is 1. The Morgan fingerprint density at radius 3 is 2.37 bits per heavy atom. The highest BCUT2D eigenvalue weighted by Gasteiger charge is 2.19. The standard InChI is InChI=1S/C15H28OS2Si/c1-17-15(16)18-11-14(12-19(2,3)4)10-13-8-6-5-7-9-13/h10,13H,5-9,11-12H2,1-4H3/b14-10-. The zero-order valence-corrected chi connectivity index (χ0v) is 15.5. The van der Waals surface area contributed by atoms with Crippen LogP contribution >= 0.6 is 23.5 Å². The van der Waals surface area contributed by atoms with Crippen LogP contribution in [0.2, 0.25) is 25.7 Å². The molecule has 0 aromatic heterocycles. The van der Waals surface area contributed by atoms with Crippen molar-refractivity contribution >= 4 is 36.0 Å². The SMILES string of the molecule is CSC(=O)SC/C(=C/C1CCCCC1)C[Si](C)(C)C. The Labute approximate surface area is 128 Å². The van der Waals surface area contributed by atoms with Gasteiger partial charge >= 0.3 is 0 Å².